The van der Waals surface area contributed by atoms with E-state index >= 15 is 0 Å². The highest BCUT2D eigenvalue weighted by molar-refractivity contribution is 7.99. The van der Waals surface area contributed by atoms with E-state index in [0.717, 1.165) is 5.03 Å². The number of aryl methyl sites for hydroxylation is 3. The van der Waals surface area contributed by atoms with Crippen LogP contribution in [0.15, 0.2) is 28.3 Å². The molecule has 0 unspecified atom stereocenters. The highest BCUT2D eigenvalue weighted by Crippen LogP contribution is 2.35. The lowest BCUT2D eigenvalue weighted by Crippen LogP contribution is -1.88. The number of rotatable bonds is 2. The summed E-state index contributed by atoms with van der Waals surface area (Å²) in [4.78, 5) is 1.25. The highest BCUT2D eigenvalue weighted by atomic mass is 35.5. The normalized spacial score (nSPS) is 10.8. The lowest BCUT2D eigenvalue weighted by atomic mass is 10.1. The maximum Gasteiger partial charge on any atom is 0.114 e. The minimum atomic E-state index is 0.671. The first kappa shape index (κ1) is 11.6. The molecule has 0 spiro atoms. The summed E-state index contributed by atoms with van der Waals surface area (Å²) in [7, 11) is 0. The van der Waals surface area contributed by atoms with Crippen LogP contribution in [0.1, 0.15) is 16.7 Å². The molecule has 0 fully saturated rings. The number of halogens is 1. The molecule has 2 rings (SSSR count). The molecule has 0 atom stereocenters. The molecule has 0 aliphatic rings. The van der Waals surface area contributed by atoms with Crippen molar-refractivity contribution in [3.63, 3.8) is 0 Å². The van der Waals surface area contributed by atoms with E-state index in [1.54, 1.807) is 18.0 Å². The van der Waals surface area contributed by atoms with E-state index in [1.165, 1.54) is 21.6 Å². The average Bonchev–Trinajstić information content (AvgIpc) is 2.57. The molecule has 0 saturated carbocycles. The molecule has 84 valence electrons. The van der Waals surface area contributed by atoms with Crippen LogP contribution in [0.4, 0.5) is 0 Å². The Bertz CT molecular complexity index is 496. The van der Waals surface area contributed by atoms with E-state index in [4.69, 9.17) is 11.6 Å². The van der Waals surface area contributed by atoms with Gasteiger partial charge in [-0.1, -0.05) is 41.1 Å². The Labute approximate surface area is 104 Å². The van der Waals surface area contributed by atoms with Gasteiger partial charge in [-0.15, -0.1) is 0 Å². The SMILES string of the molecule is Cc1cc(C)c(Sc2[nH]ncc2Cl)c(C)c1. The molecule has 16 heavy (non-hydrogen) atoms. The molecule has 1 heterocycles. The number of H-pyrrole nitrogens is 1. The third-order valence-corrected chi connectivity index (χ3v) is 4.13. The smallest absolute Gasteiger partial charge is 0.114 e. The molecule has 0 bridgehead atoms. The monoisotopic (exact) mass is 252 g/mol. The molecule has 2 nitrogen and oxygen atoms in total. The van der Waals surface area contributed by atoms with Crippen molar-refractivity contribution in [1.82, 2.24) is 10.2 Å². The highest BCUT2D eigenvalue weighted by Gasteiger charge is 2.09. The minimum absolute atomic E-state index is 0.671. The lowest BCUT2D eigenvalue weighted by molar-refractivity contribution is 1.00. The predicted octanol–water partition coefficient (Wildman–Crippen LogP) is 4.14. The Hall–Kier alpha value is -0.930. The van der Waals surface area contributed by atoms with Crippen molar-refractivity contribution in [2.24, 2.45) is 0 Å². The van der Waals surface area contributed by atoms with Crippen LogP contribution in [0, 0.1) is 20.8 Å². The number of nitrogens with one attached hydrogen (secondary N) is 1. The number of aromatic amines is 1. The number of hydrogen-bond donors (Lipinski definition) is 1. The van der Waals surface area contributed by atoms with Gasteiger partial charge in [-0.3, -0.25) is 5.10 Å². The van der Waals surface area contributed by atoms with Gasteiger partial charge in [-0.05, 0) is 31.9 Å². The van der Waals surface area contributed by atoms with E-state index in [-0.39, 0.29) is 0 Å². The summed E-state index contributed by atoms with van der Waals surface area (Å²) < 4.78 is 0. The number of benzene rings is 1. The standard InChI is InChI=1S/C12H13ClN2S/c1-7-4-8(2)11(9(3)5-7)16-12-10(13)6-14-15-12/h4-6H,1-3H3,(H,14,15). The zero-order chi connectivity index (χ0) is 11.7. The average molecular weight is 253 g/mol. The molecular formula is C12H13ClN2S. The van der Waals surface area contributed by atoms with Crippen molar-refractivity contribution in [3.8, 4) is 0 Å². The quantitative estimate of drug-likeness (QED) is 0.870. The molecule has 0 aliphatic heterocycles. The summed E-state index contributed by atoms with van der Waals surface area (Å²) in [5, 5.41) is 8.39. The summed E-state index contributed by atoms with van der Waals surface area (Å²) in [5.41, 5.74) is 3.83. The zero-order valence-corrected chi connectivity index (χ0v) is 11.0. The van der Waals surface area contributed by atoms with E-state index in [1.807, 2.05) is 0 Å². The van der Waals surface area contributed by atoms with Crippen molar-refractivity contribution in [2.75, 3.05) is 0 Å². The van der Waals surface area contributed by atoms with Gasteiger partial charge in [-0.2, -0.15) is 5.10 Å². The summed E-state index contributed by atoms with van der Waals surface area (Å²) >= 11 is 7.64. The second kappa shape index (κ2) is 4.52. The Morgan fingerprint density at radius 2 is 1.81 bits per heavy atom. The Morgan fingerprint density at radius 3 is 2.31 bits per heavy atom. The van der Waals surface area contributed by atoms with Gasteiger partial charge in [-0.25, -0.2) is 0 Å². The molecule has 0 aliphatic carbocycles. The van der Waals surface area contributed by atoms with Gasteiger partial charge >= 0.3 is 0 Å². The summed E-state index contributed by atoms with van der Waals surface area (Å²) in [6, 6.07) is 4.36. The maximum absolute atomic E-state index is 6.01. The van der Waals surface area contributed by atoms with Gasteiger partial charge in [0.25, 0.3) is 0 Å². The van der Waals surface area contributed by atoms with Crippen LogP contribution in [0.5, 0.6) is 0 Å². The molecule has 2 aromatic rings. The molecule has 0 radical (unpaired) electrons. The van der Waals surface area contributed by atoms with Gasteiger partial charge in [0.05, 0.1) is 11.2 Å². The van der Waals surface area contributed by atoms with E-state index in [2.05, 4.69) is 43.1 Å². The van der Waals surface area contributed by atoms with Crippen LogP contribution in [0.2, 0.25) is 5.02 Å². The van der Waals surface area contributed by atoms with Gasteiger partial charge < -0.3 is 0 Å². The van der Waals surface area contributed by atoms with Crippen molar-refractivity contribution < 1.29 is 0 Å². The number of aromatic nitrogens is 2. The zero-order valence-electron chi connectivity index (χ0n) is 9.47. The third kappa shape index (κ3) is 2.25. The first-order chi connectivity index (χ1) is 7.58. The van der Waals surface area contributed by atoms with Crippen LogP contribution in [-0.2, 0) is 0 Å². The van der Waals surface area contributed by atoms with Crippen molar-refractivity contribution in [3.05, 3.63) is 40.0 Å². The minimum Gasteiger partial charge on any atom is -0.270 e. The van der Waals surface area contributed by atoms with E-state index < -0.39 is 0 Å². The molecule has 0 amide bonds. The second-order valence-corrected chi connectivity index (χ2v) is 5.30. The molecule has 0 saturated heterocycles. The Balaban J connectivity index is 2.39. The summed E-state index contributed by atoms with van der Waals surface area (Å²) in [6.45, 7) is 6.34. The molecule has 1 N–H and O–H groups in total. The van der Waals surface area contributed by atoms with Crippen molar-refractivity contribution in [2.45, 2.75) is 30.7 Å². The molecule has 1 aromatic carbocycles. The van der Waals surface area contributed by atoms with Gasteiger partial charge in [0.2, 0.25) is 0 Å². The van der Waals surface area contributed by atoms with E-state index in [0.29, 0.717) is 5.02 Å². The number of hydrogen-bond acceptors (Lipinski definition) is 2. The third-order valence-electron chi connectivity index (χ3n) is 2.37. The van der Waals surface area contributed by atoms with Crippen LogP contribution in [-0.4, -0.2) is 10.2 Å². The van der Waals surface area contributed by atoms with Gasteiger partial charge in [0.1, 0.15) is 5.03 Å². The fourth-order valence-electron chi connectivity index (χ4n) is 1.76. The largest absolute Gasteiger partial charge is 0.270 e. The van der Waals surface area contributed by atoms with Crippen molar-refractivity contribution in [1.29, 1.82) is 0 Å². The summed E-state index contributed by atoms with van der Waals surface area (Å²) in [6.07, 6.45) is 1.63. The van der Waals surface area contributed by atoms with E-state index in [9.17, 15) is 0 Å². The van der Waals surface area contributed by atoms with Gasteiger partial charge in [0, 0.05) is 4.90 Å². The predicted molar refractivity (Wildman–Crippen MR) is 68.4 cm³/mol. The van der Waals surface area contributed by atoms with Gasteiger partial charge in [0.15, 0.2) is 0 Å². The first-order valence-electron chi connectivity index (χ1n) is 5.02. The first-order valence-corrected chi connectivity index (χ1v) is 6.22. The number of nitrogens with zero attached hydrogens (tertiary/aromatic N) is 1. The molecule has 1 aromatic heterocycles. The topological polar surface area (TPSA) is 28.7 Å². The van der Waals surface area contributed by atoms with Crippen LogP contribution < -0.4 is 0 Å². The fraction of sp³-hybridized carbons (Fsp3) is 0.250. The lowest BCUT2D eigenvalue weighted by Gasteiger charge is -2.09. The molecular weight excluding hydrogens is 240 g/mol. The molecule has 4 heteroatoms. The fourth-order valence-corrected chi connectivity index (χ4v) is 2.86. The van der Waals surface area contributed by atoms with Crippen molar-refractivity contribution >= 4 is 23.4 Å². The summed E-state index contributed by atoms with van der Waals surface area (Å²) in [5.74, 6) is 0. The second-order valence-electron chi connectivity index (χ2n) is 3.88. The van der Waals surface area contributed by atoms with Crippen LogP contribution in [0.3, 0.4) is 0 Å². The Morgan fingerprint density at radius 1 is 1.19 bits per heavy atom. The Kier molecular flexibility index (Phi) is 3.26. The van der Waals surface area contributed by atoms with Crippen LogP contribution in [0.25, 0.3) is 0 Å². The maximum atomic E-state index is 6.01. The van der Waals surface area contributed by atoms with Crippen LogP contribution >= 0.6 is 23.4 Å².